The fraction of sp³-hybridized carbons (Fsp3) is 0.467. The summed E-state index contributed by atoms with van der Waals surface area (Å²) in [4.78, 5) is 9.33. The average Bonchev–Trinajstić information content (AvgIpc) is 3.17. The van der Waals surface area contributed by atoms with Gasteiger partial charge < -0.3 is 15.1 Å². The maximum Gasteiger partial charge on any atom is 0.136 e. The number of aromatic nitrogens is 2. The zero-order chi connectivity index (χ0) is 13.9. The fourth-order valence-electron chi connectivity index (χ4n) is 2.15. The van der Waals surface area contributed by atoms with Crippen LogP contribution in [0.1, 0.15) is 42.6 Å². The van der Waals surface area contributed by atoms with Crippen LogP contribution in [-0.4, -0.2) is 16.5 Å². The number of hydrogen-bond acceptors (Lipinski definition) is 5. The van der Waals surface area contributed by atoms with Gasteiger partial charge in [0.05, 0.1) is 12.5 Å². The predicted octanol–water partition coefficient (Wildman–Crippen LogP) is 3.30. The van der Waals surface area contributed by atoms with Crippen molar-refractivity contribution in [3.05, 3.63) is 35.5 Å². The van der Waals surface area contributed by atoms with Crippen LogP contribution in [0.25, 0.3) is 0 Å². The second kappa shape index (κ2) is 5.53. The lowest BCUT2D eigenvalue weighted by atomic mass is 10.2. The quantitative estimate of drug-likeness (QED) is 0.844. The number of anilines is 2. The fourth-order valence-corrected chi connectivity index (χ4v) is 2.15. The Kier molecular flexibility index (Phi) is 3.58. The molecular formula is C15H20N4O. The van der Waals surface area contributed by atoms with Crippen molar-refractivity contribution in [2.24, 2.45) is 0 Å². The van der Waals surface area contributed by atoms with Crippen LogP contribution in [0.4, 0.5) is 11.6 Å². The standard InChI is InChI=1S/C15H20N4O/c1-3-16-13-10(2)14(17-8-11-6-7-20-9-11)19-15(18-13)12-4-5-12/h6-7,9,12H,3-5,8H2,1-2H3,(H2,16,17,18,19). The van der Waals surface area contributed by atoms with Gasteiger partial charge in [-0.15, -0.1) is 0 Å². The Hall–Kier alpha value is -2.04. The lowest BCUT2D eigenvalue weighted by Crippen LogP contribution is -2.10. The van der Waals surface area contributed by atoms with Gasteiger partial charge in [0.2, 0.25) is 0 Å². The molecule has 1 aliphatic carbocycles. The van der Waals surface area contributed by atoms with Crippen LogP contribution in [0.2, 0.25) is 0 Å². The predicted molar refractivity (Wildman–Crippen MR) is 78.9 cm³/mol. The third-order valence-corrected chi connectivity index (χ3v) is 3.49. The van der Waals surface area contributed by atoms with Crippen molar-refractivity contribution >= 4 is 11.6 Å². The van der Waals surface area contributed by atoms with Crippen molar-refractivity contribution in [1.82, 2.24) is 9.97 Å². The van der Waals surface area contributed by atoms with Gasteiger partial charge >= 0.3 is 0 Å². The SMILES string of the molecule is CCNc1nc(C2CC2)nc(NCc2ccoc2)c1C. The maximum atomic E-state index is 5.08. The molecule has 20 heavy (non-hydrogen) atoms. The van der Waals surface area contributed by atoms with Crippen molar-refractivity contribution in [1.29, 1.82) is 0 Å². The molecule has 3 rings (SSSR count). The van der Waals surface area contributed by atoms with E-state index in [4.69, 9.17) is 4.42 Å². The molecule has 2 aromatic heterocycles. The summed E-state index contributed by atoms with van der Waals surface area (Å²) in [5.41, 5.74) is 2.18. The van der Waals surface area contributed by atoms with Crippen LogP contribution < -0.4 is 10.6 Å². The molecule has 0 unspecified atom stereocenters. The van der Waals surface area contributed by atoms with Crippen molar-refractivity contribution in [2.45, 2.75) is 39.2 Å². The first kappa shape index (κ1) is 13.0. The number of rotatable bonds is 6. The van der Waals surface area contributed by atoms with Crippen LogP contribution in [0.3, 0.4) is 0 Å². The molecule has 1 fully saturated rings. The smallest absolute Gasteiger partial charge is 0.136 e. The summed E-state index contributed by atoms with van der Waals surface area (Å²) in [5.74, 6) is 3.36. The molecule has 1 saturated carbocycles. The molecule has 0 aromatic carbocycles. The van der Waals surface area contributed by atoms with Gasteiger partial charge in [0.1, 0.15) is 17.5 Å². The maximum absolute atomic E-state index is 5.08. The first-order valence-corrected chi connectivity index (χ1v) is 7.15. The molecule has 2 N–H and O–H groups in total. The van der Waals surface area contributed by atoms with E-state index >= 15 is 0 Å². The van der Waals surface area contributed by atoms with Gasteiger partial charge in [-0.25, -0.2) is 9.97 Å². The summed E-state index contributed by atoms with van der Waals surface area (Å²) in [7, 11) is 0. The highest BCUT2D eigenvalue weighted by molar-refractivity contribution is 5.57. The molecule has 0 radical (unpaired) electrons. The van der Waals surface area contributed by atoms with E-state index in [0.717, 1.165) is 35.1 Å². The monoisotopic (exact) mass is 272 g/mol. The molecule has 0 bridgehead atoms. The lowest BCUT2D eigenvalue weighted by Gasteiger charge is -2.14. The Balaban J connectivity index is 1.83. The highest BCUT2D eigenvalue weighted by Crippen LogP contribution is 2.39. The van der Waals surface area contributed by atoms with E-state index in [1.165, 1.54) is 12.8 Å². The molecule has 1 aliphatic rings. The van der Waals surface area contributed by atoms with Gasteiger partial charge in [0.15, 0.2) is 0 Å². The molecule has 2 aromatic rings. The van der Waals surface area contributed by atoms with Crippen LogP contribution in [0.15, 0.2) is 23.0 Å². The average molecular weight is 272 g/mol. The Labute approximate surface area is 118 Å². The summed E-state index contributed by atoms with van der Waals surface area (Å²) in [5, 5.41) is 6.71. The van der Waals surface area contributed by atoms with E-state index in [1.54, 1.807) is 12.5 Å². The molecule has 0 spiro atoms. The second-order valence-corrected chi connectivity index (χ2v) is 5.19. The molecule has 0 saturated heterocycles. The number of hydrogen-bond donors (Lipinski definition) is 2. The molecule has 0 aliphatic heterocycles. The largest absolute Gasteiger partial charge is 0.472 e. The topological polar surface area (TPSA) is 63.0 Å². The Bertz CT molecular complexity index is 576. The first-order valence-electron chi connectivity index (χ1n) is 7.15. The van der Waals surface area contributed by atoms with Crippen LogP contribution in [0.5, 0.6) is 0 Å². The number of nitrogens with zero attached hydrogens (tertiary/aromatic N) is 2. The Morgan fingerprint density at radius 1 is 1.25 bits per heavy atom. The van der Waals surface area contributed by atoms with Crippen LogP contribution in [-0.2, 0) is 6.54 Å². The van der Waals surface area contributed by atoms with Gasteiger partial charge in [-0.3, -0.25) is 0 Å². The Morgan fingerprint density at radius 2 is 2.00 bits per heavy atom. The highest BCUT2D eigenvalue weighted by Gasteiger charge is 2.28. The minimum Gasteiger partial charge on any atom is -0.472 e. The third kappa shape index (κ3) is 2.76. The van der Waals surface area contributed by atoms with Gasteiger partial charge in [0.25, 0.3) is 0 Å². The minimum absolute atomic E-state index is 0.544. The van der Waals surface area contributed by atoms with Crippen molar-refractivity contribution in [2.75, 3.05) is 17.2 Å². The normalized spacial score (nSPS) is 14.3. The van der Waals surface area contributed by atoms with Crippen molar-refractivity contribution in [3.63, 3.8) is 0 Å². The minimum atomic E-state index is 0.544. The van der Waals surface area contributed by atoms with E-state index < -0.39 is 0 Å². The molecule has 5 heteroatoms. The zero-order valence-corrected chi connectivity index (χ0v) is 11.9. The number of furan rings is 1. The molecule has 106 valence electrons. The van der Waals surface area contributed by atoms with E-state index in [1.807, 2.05) is 13.0 Å². The summed E-state index contributed by atoms with van der Waals surface area (Å²) >= 11 is 0. The van der Waals surface area contributed by atoms with E-state index in [2.05, 4.69) is 27.5 Å². The first-order chi connectivity index (χ1) is 9.78. The van der Waals surface area contributed by atoms with Crippen molar-refractivity contribution in [3.8, 4) is 0 Å². The molecule has 2 heterocycles. The third-order valence-electron chi connectivity index (χ3n) is 3.49. The summed E-state index contributed by atoms with van der Waals surface area (Å²) < 4.78 is 5.08. The van der Waals surface area contributed by atoms with E-state index in [-0.39, 0.29) is 0 Å². The van der Waals surface area contributed by atoms with Gasteiger partial charge in [-0.05, 0) is 32.8 Å². The van der Waals surface area contributed by atoms with Crippen LogP contribution in [0, 0.1) is 6.92 Å². The van der Waals surface area contributed by atoms with Crippen molar-refractivity contribution < 1.29 is 4.42 Å². The zero-order valence-electron chi connectivity index (χ0n) is 11.9. The Morgan fingerprint density at radius 3 is 2.60 bits per heavy atom. The second-order valence-electron chi connectivity index (χ2n) is 5.19. The molecular weight excluding hydrogens is 252 g/mol. The van der Waals surface area contributed by atoms with E-state index in [9.17, 15) is 0 Å². The summed E-state index contributed by atoms with van der Waals surface area (Å²) in [6.45, 7) is 5.70. The van der Waals surface area contributed by atoms with E-state index in [0.29, 0.717) is 12.5 Å². The van der Waals surface area contributed by atoms with Gasteiger partial charge in [-0.1, -0.05) is 0 Å². The molecule has 5 nitrogen and oxygen atoms in total. The number of nitrogens with one attached hydrogen (secondary N) is 2. The van der Waals surface area contributed by atoms with Crippen LogP contribution >= 0.6 is 0 Å². The molecule has 0 amide bonds. The summed E-state index contributed by atoms with van der Waals surface area (Å²) in [6.07, 6.45) is 5.84. The highest BCUT2D eigenvalue weighted by atomic mass is 16.3. The van der Waals surface area contributed by atoms with Gasteiger partial charge in [0, 0.05) is 30.1 Å². The summed E-state index contributed by atoms with van der Waals surface area (Å²) in [6, 6.07) is 1.95. The molecule has 0 atom stereocenters. The lowest BCUT2D eigenvalue weighted by molar-refractivity contribution is 0.564. The van der Waals surface area contributed by atoms with Gasteiger partial charge in [-0.2, -0.15) is 0 Å².